The third-order valence-corrected chi connectivity index (χ3v) is 6.18. The molecule has 1 saturated heterocycles. The van der Waals surface area contributed by atoms with E-state index in [9.17, 15) is 10.1 Å². The molecule has 1 aliphatic heterocycles. The van der Waals surface area contributed by atoms with Crippen molar-refractivity contribution in [2.45, 2.75) is 12.5 Å². The molecule has 1 atom stereocenters. The number of benzene rings is 4. The topological polar surface area (TPSA) is 70.1 Å². The van der Waals surface area contributed by atoms with E-state index in [1.807, 2.05) is 59.5 Å². The third-order valence-electron chi connectivity index (χ3n) is 6.18. The fourth-order valence-electron chi connectivity index (χ4n) is 4.49. The van der Waals surface area contributed by atoms with E-state index >= 15 is 0 Å². The van der Waals surface area contributed by atoms with Gasteiger partial charge >= 0.3 is 0 Å². The van der Waals surface area contributed by atoms with Gasteiger partial charge in [-0.1, -0.05) is 60.7 Å². The number of rotatable bonds is 3. The number of likely N-dealkylation sites (tertiary alicyclic amines) is 1. The smallest absolute Gasteiger partial charge is 0.253 e. The van der Waals surface area contributed by atoms with Gasteiger partial charge in [-0.25, -0.2) is 0 Å². The number of fused-ring (bicyclic) bond motifs is 1. The highest BCUT2D eigenvalue weighted by Gasteiger charge is 2.25. The number of nitrogens with two attached hydrogens (primary N) is 1. The average molecular weight is 418 g/mol. The highest BCUT2D eigenvalue weighted by atomic mass is 16.2. The zero-order valence-electron chi connectivity index (χ0n) is 17.7. The van der Waals surface area contributed by atoms with Crippen LogP contribution in [0.4, 0.5) is 0 Å². The number of amides is 1. The van der Waals surface area contributed by atoms with Crippen LogP contribution in [0.3, 0.4) is 0 Å². The number of hydrogen-bond donors (Lipinski definition) is 1. The molecule has 1 heterocycles. The van der Waals surface area contributed by atoms with E-state index in [1.165, 1.54) is 5.39 Å². The van der Waals surface area contributed by atoms with E-state index in [4.69, 9.17) is 5.73 Å². The van der Waals surface area contributed by atoms with Crippen molar-refractivity contribution in [1.82, 2.24) is 4.90 Å². The molecular weight excluding hydrogens is 394 g/mol. The standard InChI is InChI=1S/C28H23N3O/c29-17-19-8-10-21(11-9-19)27-16-22(28(32)31-15-14-23(30)18-31)12-13-26(27)25-7-3-5-20-4-1-2-6-24(20)25/h1-13,16,23H,14-15,18,30H2/t23-/m0/s1. The summed E-state index contributed by atoms with van der Waals surface area (Å²) in [4.78, 5) is 15.0. The molecule has 2 N–H and O–H groups in total. The lowest BCUT2D eigenvalue weighted by Crippen LogP contribution is -2.31. The second-order valence-electron chi connectivity index (χ2n) is 8.28. The molecule has 0 radical (unpaired) electrons. The zero-order valence-corrected chi connectivity index (χ0v) is 17.7. The monoisotopic (exact) mass is 417 g/mol. The van der Waals surface area contributed by atoms with Crippen molar-refractivity contribution in [1.29, 1.82) is 5.26 Å². The first-order chi connectivity index (χ1) is 15.6. The molecule has 0 bridgehead atoms. The second kappa shape index (κ2) is 8.30. The second-order valence-corrected chi connectivity index (χ2v) is 8.28. The van der Waals surface area contributed by atoms with Gasteiger partial charge in [-0.2, -0.15) is 5.26 Å². The molecule has 0 saturated carbocycles. The number of hydrogen-bond acceptors (Lipinski definition) is 3. The molecule has 156 valence electrons. The van der Waals surface area contributed by atoms with Crippen LogP contribution in [0.1, 0.15) is 22.3 Å². The summed E-state index contributed by atoms with van der Waals surface area (Å²) in [5.41, 5.74) is 11.4. The van der Waals surface area contributed by atoms with Crippen LogP contribution in [0, 0.1) is 11.3 Å². The summed E-state index contributed by atoms with van der Waals surface area (Å²) >= 11 is 0. The molecule has 0 aliphatic carbocycles. The van der Waals surface area contributed by atoms with Crippen LogP contribution in [-0.2, 0) is 0 Å². The molecule has 0 aromatic heterocycles. The van der Waals surface area contributed by atoms with E-state index in [-0.39, 0.29) is 11.9 Å². The molecule has 4 heteroatoms. The highest BCUT2D eigenvalue weighted by molar-refractivity contribution is 6.03. The van der Waals surface area contributed by atoms with Crippen LogP contribution in [0.15, 0.2) is 84.9 Å². The van der Waals surface area contributed by atoms with Gasteiger partial charge in [-0.05, 0) is 63.7 Å². The quantitative estimate of drug-likeness (QED) is 0.497. The Balaban J connectivity index is 1.67. The van der Waals surface area contributed by atoms with Gasteiger partial charge in [0.05, 0.1) is 11.6 Å². The van der Waals surface area contributed by atoms with Gasteiger partial charge < -0.3 is 10.6 Å². The Hall–Kier alpha value is -3.94. The summed E-state index contributed by atoms with van der Waals surface area (Å²) in [6.45, 7) is 1.29. The molecule has 0 spiro atoms. The van der Waals surface area contributed by atoms with Crippen LogP contribution < -0.4 is 5.73 Å². The van der Waals surface area contributed by atoms with Gasteiger partial charge in [0, 0.05) is 24.7 Å². The Morgan fingerprint density at radius 1 is 0.906 bits per heavy atom. The summed E-state index contributed by atoms with van der Waals surface area (Å²) in [5.74, 6) is 0.0114. The van der Waals surface area contributed by atoms with E-state index in [1.54, 1.807) is 0 Å². The molecule has 1 amide bonds. The SMILES string of the molecule is N#Cc1ccc(-c2cc(C(=O)N3CC[C@H](N)C3)ccc2-c2cccc3ccccc23)cc1. The zero-order chi connectivity index (χ0) is 22.1. The van der Waals surface area contributed by atoms with E-state index in [0.29, 0.717) is 24.2 Å². The Morgan fingerprint density at radius 3 is 2.44 bits per heavy atom. The summed E-state index contributed by atoms with van der Waals surface area (Å²) < 4.78 is 0. The molecular formula is C28H23N3O. The molecule has 0 unspecified atom stereocenters. The first-order valence-corrected chi connectivity index (χ1v) is 10.8. The van der Waals surface area contributed by atoms with Crippen LogP contribution in [-0.4, -0.2) is 29.9 Å². The Bertz CT molecular complexity index is 1350. The van der Waals surface area contributed by atoms with Crippen molar-refractivity contribution in [2.24, 2.45) is 5.73 Å². The highest BCUT2D eigenvalue weighted by Crippen LogP contribution is 2.37. The molecule has 4 aromatic rings. The summed E-state index contributed by atoms with van der Waals surface area (Å²) in [6, 6.07) is 30.3. The van der Waals surface area contributed by atoms with Crippen LogP contribution in [0.2, 0.25) is 0 Å². The predicted octanol–water partition coefficient (Wildman–Crippen LogP) is 5.22. The van der Waals surface area contributed by atoms with Crippen LogP contribution in [0.5, 0.6) is 0 Å². The summed E-state index contributed by atoms with van der Waals surface area (Å²) in [5, 5.41) is 11.5. The minimum absolute atomic E-state index is 0.0114. The van der Waals surface area contributed by atoms with E-state index in [0.717, 1.165) is 34.1 Å². The molecule has 32 heavy (non-hydrogen) atoms. The Labute approximate surface area is 187 Å². The molecule has 1 fully saturated rings. The van der Waals surface area contributed by atoms with E-state index < -0.39 is 0 Å². The first kappa shape index (κ1) is 20.0. The maximum Gasteiger partial charge on any atom is 0.253 e. The van der Waals surface area contributed by atoms with Gasteiger partial charge in [-0.15, -0.1) is 0 Å². The maximum atomic E-state index is 13.2. The van der Waals surface area contributed by atoms with Crippen LogP contribution in [0.25, 0.3) is 33.0 Å². The molecule has 4 nitrogen and oxygen atoms in total. The first-order valence-electron chi connectivity index (χ1n) is 10.8. The van der Waals surface area contributed by atoms with Gasteiger partial charge in [0.2, 0.25) is 0 Å². The largest absolute Gasteiger partial charge is 0.337 e. The van der Waals surface area contributed by atoms with Crippen molar-refractivity contribution >= 4 is 16.7 Å². The lowest BCUT2D eigenvalue weighted by molar-refractivity contribution is 0.0791. The Kier molecular flexibility index (Phi) is 5.18. The third kappa shape index (κ3) is 3.64. The molecule has 1 aliphatic rings. The Morgan fingerprint density at radius 2 is 1.69 bits per heavy atom. The summed E-state index contributed by atoms with van der Waals surface area (Å²) in [7, 11) is 0. The van der Waals surface area contributed by atoms with Gasteiger partial charge in [0.1, 0.15) is 0 Å². The average Bonchev–Trinajstić information content (AvgIpc) is 3.29. The minimum atomic E-state index is 0.0114. The number of nitriles is 1. The lowest BCUT2D eigenvalue weighted by Gasteiger charge is -2.18. The van der Waals surface area contributed by atoms with Crippen molar-refractivity contribution in [3.8, 4) is 28.3 Å². The van der Waals surface area contributed by atoms with Crippen molar-refractivity contribution in [3.05, 3.63) is 96.1 Å². The van der Waals surface area contributed by atoms with Crippen molar-refractivity contribution < 1.29 is 4.79 Å². The maximum absolute atomic E-state index is 13.2. The van der Waals surface area contributed by atoms with Gasteiger partial charge in [0.15, 0.2) is 0 Å². The number of nitrogens with zero attached hydrogens (tertiary/aromatic N) is 2. The van der Waals surface area contributed by atoms with Crippen molar-refractivity contribution in [3.63, 3.8) is 0 Å². The predicted molar refractivity (Wildman–Crippen MR) is 128 cm³/mol. The molecule has 4 aromatic carbocycles. The number of carbonyl (C=O) groups excluding carboxylic acids is 1. The normalized spacial score (nSPS) is 15.6. The minimum Gasteiger partial charge on any atom is -0.337 e. The number of carbonyl (C=O) groups is 1. The fourth-order valence-corrected chi connectivity index (χ4v) is 4.49. The summed E-state index contributed by atoms with van der Waals surface area (Å²) in [6.07, 6.45) is 0.836. The van der Waals surface area contributed by atoms with Gasteiger partial charge in [-0.3, -0.25) is 4.79 Å². The lowest BCUT2D eigenvalue weighted by atomic mass is 9.89. The van der Waals surface area contributed by atoms with Gasteiger partial charge in [0.25, 0.3) is 5.91 Å². The van der Waals surface area contributed by atoms with E-state index in [2.05, 4.69) is 36.4 Å². The fraction of sp³-hybridized carbons (Fsp3) is 0.143. The van der Waals surface area contributed by atoms with Crippen LogP contribution >= 0.6 is 0 Å². The van der Waals surface area contributed by atoms with Crippen molar-refractivity contribution in [2.75, 3.05) is 13.1 Å². The molecule has 5 rings (SSSR count).